The minimum atomic E-state index is -3.43. The summed E-state index contributed by atoms with van der Waals surface area (Å²) in [5, 5.41) is -0.691. The van der Waals surface area contributed by atoms with Crippen LogP contribution in [0.15, 0.2) is 33.6 Å². The zero-order valence-electron chi connectivity index (χ0n) is 9.10. The number of Topliss-reactive ketones (excluding diaryl/α,β-unsaturated/α-hetero) is 1. The van der Waals surface area contributed by atoms with Crippen LogP contribution in [0.2, 0.25) is 0 Å². The lowest BCUT2D eigenvalue weighted by Gasteiger charge is -2.12. The topological polar surface area (TPSA) is 51.2 Å². The number of rotatable bonds is 4. The van der Waals surface area contributed by atoms with Crippen molar-refractivity contribution in [1.29, 1.82) is 0 Å². The number of halogens is 1. The second-order valence-corrected chi connectivity index (χ2v) is 6.88. The lowest BCUT2D eigenvalue weighted by molar-refractivity contribution is -0.116. The van der Waals surface area contributed by atoms with Crippen molar-refractivity contribution < 1.29 is 13.2 Å². The van der Waals surface area contributed by atoms with E-state index in [1.54, 1.807) is 25.1 Å². The van der Waals surface area contributed by atoms with Gasteiger partial charge in [0.25, 0.3) is 0 Å². The van der Waals surface area contributed by atoms with Gasteiger partial charge in [0.05, 0.1) is 10.1 Å². The Hall–Kier alpha value is -0.680. The van der Waals surface area contributed by atoms with Crippen molar-refractivity contribution >= 4 is 31.6 Å². The predicted molar refractivity (Wildman–Crippen MR) is 66.1 cm³/mol. The largest absolute Gasteiger partial charge is 0.300 e. The van der Waals surface area contributed by atoms with Gasteiger partial charge >= 0.3 is 0 Å². The van der Waals surface area contributed by atoms with Gasteiger partial charge in [-0.25, -0.2) is 8.42 Å². The van der Waals surface area contributed by atoms with Gasteiger partial charge in [0.2, 0.25) is 0 Å². The minimum Gasteiger partial charge on any atom is -0.300 e. The average molecular weight is 305 g/mol. The number of carbonyl (C=O) groups is 1. The van der Waals surface area contributed by atoms with E-state index in [0.29, 0.717) is 4.47 Å². The number of benzene rings is 1. The third-order valence-electron chi connectivity index (χ3n) is 2.25. The zero-order valence-corrected chi connectivity index (χ0v) is 11.5. The van der Waals surface area contributed by atoms with Gasteiger partial charge in [-0.3, -0.25) is 4.79 Å². The van der Waals surface area contributed by atoms with E-state index < -0.39 is 15.1 Å². The standard InChI is InChI=1S/C11H13BrO3S/c1-8(13)7-9(2)16(14,15)11-6-4-3-5-10(11)12/h3-6,9H,7H2,1-2H3. The molecule has 0 aliphatic carbocycles. The van der Waals surface area contributed by atoms with Crippen molar-refractivity contribution in [2.45, 2.75) is 30.4 Å². The molecular weight excluding hydrogens is 292 g/mol. The number of carbonyl (C=O) groups excluding carboxylic acids is 1. The Morgan fingerprint density at radius 3 is 2.44 bits per heavy atom. The Kier molecular flexibility index (Phi) is 4.27. The summed E-state index contributed by atoms with van der Waals surface area (Å²) in [6.45, 7) is 2.95. The Bertz CT molecular complexity index is 494. The van der Waals surface area contributed by atoms with Crippen LogP contribution < -0.4 is 0 Å². The molecule has 5 heteroatoms. The third-order valence-corrected chi connectivity index (χ3v) is 5.40. The fraction of sp³-hybridized carbons (Fsp3) is 0.364. The molecule has 1 atom stereocenters. The van der Waals surface area contributed by atoms with Crippen LogP contribution in [0.1, 0.15) is 20.3 Å². The molecule has 0 heterocycles. The second kappa shape index (κ2) is 5.10. The smallest absolute Gasteiger partial charge is 0.182 e. The molecule has 3 nitrogen and oxygen atoms in total. The summed E-state index contributed by atoms with van der Waals surface area (Å²) in [6.07, 6.45) is 0.0453. The Labute approximate surface area is 104 Å². The second-order valence-electron chi connectivity index (χ2n) is 3.69. The molecule has 0 aliphatic rings. The van der Waals surface area contributed by atoms with Crippen LogP contribution in [0.25, 0.3) is 0 Å². The van der Waals surface area contributed by atoms with Crippen molar-refractivity contribution in [1.82, 2.24) is 0 Å². The monoisotopic (exact) mass is 304 g/mol. The molecule has 0 aliphatic heterocycles. The molecule has 0 spiro atoms. The summed E-state index contributed by atoms with van der Waals surface area (Å²) in [6, 6.07) is 6.63. The molecule has 1 unspecified atom stereocenters. The molecule has 1 rings (SSSR count). The molecule has 0 bridgehead atoms. The predicted octanol–water partition coefficient (Wildman–Crippen LogP) is 2.59. The van der Waals surface area contributed by atoms with Crippen molar-refractivity contribution in [2.75, 3.05) is 0 Å². The van der Waals surface area contributed by atoms with Gasteiger partial charge in [-0.1, -0.05) is 12.1 Å². The van der Waals surface area contributed by atoms with Crippen molar-refractivity contribution in [3.63, 3.8) is 0 Å². The molecule has 0 radical (unpaired) electrons. The van der Waals surface area contributed by atoms with Gasteiger partial charge < -0.3 is 0 Å². The maximum absolute atomic E-state index is 12.1. The van der Waals surface area contributed by atoms with Crippen LogP contribution in [-0.4, -0.2) is 19.5 Å². The Morgan fingerprint density at radius 1 is 1.38 bits per heavy atom. The molecule has 88 valence electrons. The molecule has 0 amide bonds. The quantitative estimate of drug-likeness (QED) is 0.859. The van der Waals surface area contributed by atoms with Gasteiger partial charge in [0, 0.05) is 10.9 Å². The number of ketones is 1. The summed E-state index contributed by atoms with van der Waals surface area (Å²) in [5.41, 5.74) is 0. The minimum absolute atomic E-state index is 0.0453. The van der Waals surface area contributed by atoms with Gasteiger partial charge in [-0.05, 0) is 41.9 Å². The number of hydrogen-bond acceptors (Lipinski definition) is 3. The van der Waals surface area contributed by atoms with Crippen LogP contribution >= 0.6 is 15.9 Å². The van der Waals surface area contributed by atoms with Crippen molar-refractivity contribution in [3.8, 4) is 0 Å². The first kappa shape index (κ1) is 13.4. The third kappa shape index (κ3) is 2.92. The van der Waals surface area contributed by atoms with E-state index in [1.807, 2.05) is 0 Å². The lowest BCUT2D eigenvalue weighted by Crippen LogP contribution is -2.21. The van der Waals surface area contributed by atoms with Gasteiger partial charge in [-0.2, -0.15) is 0 Å². The van der Waals surface area contributed by atoms with Crippen molar-refractivity contribution in [2.24, 2.45) is 0 Å². The highest BCUT2D eigenvalue weighted by Gasteiger charge is 2.26. The van der Waals surface area contributed by atoms with Crippen LogP contribution in [0.3, 0.4) is 0 Å². The molecule has 0 saturated heterocycles. The molecule has 16 heavy (non-hydrogen) atoms. The summed E-state index contributed by atoms with van der Waals surface area (Å²) >= 11 is 3.20. The molecular formula is C11H13BrO3S. The molecule has 0 aromatic heterocycles. The Balaban J connectivity index is 3.12. The van der Waals surface area contributed by atoms with Crippen LogP contribution in [0.5, 0.6) is 0 Å². The Morgan fingerprint density at radius 2 is 1.94 bits per heavy atom. The maximum Gasteiger partial charge on any atom is 0.182 e. The van der Waals surface area contributed by atoms with E-state index in [-0.39, 0.29) is 17.1 Å². The fourth-order valence-electron chi connectivity index (χ4n) is 1.41. The van der Waals surface area contributed by atoms with E-state index in [4.69, 9.17) is 0 Å². The molecule has 1 aromatic carbocycles. The fourth-order valence-corrected chi connectivity index (χ4v) is 3.86. The van der Waals surface area contributed by atoms with Gasteiger partial charge in [-0.15, -0.1) is 0 Å². The van der Waals surface area contributed by atoms with Crippen LogP contribution in [0.4, 0.5) is 0 Å². The SMILES string of the molecule is CC(=O)CC(C)S(=O)(=O)c1ccccc1Br. The summed E-state index contributed by atoms with van der Waals surface area (Å²) < 4.78 is 24.7. The van der Waals surface area contributed by atoms with Gasteiger partial charge in [0.15, 0.2) is 9.84 Å². The first-order valence-electron chi connectivity index (χ1n) is 4.83. The summed E-state index contributed by atoms with van der Waals surface area (Å²) in [5.74, 6) is -0.122. The zero-order chi connectivity index (χ0) is 12.3. The molecule has 1 aromatic rings. The first-order chi connectivity index (χ1) is 7.35. The highest BCUT2D eigenvalue weighted by Crippen LogP contribution is 2.26. The highest BCUT2D eigenvalue weighted by molar-refractivity contribution is 9.10. The molecule has 0 saturated carbocycles. The maximum atomic E-state index is 12.1. The van der Waals surface area contributed by atoms with Crippen molar-refractivity contribution in [3.05, 3.63) is 28.7 Å². The van der Waals surface area contributed by atoms with Gasteiger partial charge in [0.1, 0.15) is 5.78 Å². The van der Waals surface area contributed by atoms with E-state index >= 15 is 0 Å². The average Bonchev–Trinajstić information content (AvgIpc) is 2.16. The highest BCUT2D eigenvalue weighted by atomic mass is 79.9. The first-order valence-corrected chi connectivity index (χ1v) is 7.17. The van der Waals surface area contributed by atoms with Crippen LogP contribution in [0, 0.1) is 0 Å². The van der Waals surface area contributed by atoms with Crippen LogP contribution in [-0.2, 0) is 14.6 Å². The summed E-state index contributed by atoms with van der Waals surface area (Å²) in [4.78, 5) is 11.2. The lowest BCUT2D eigenvalue weighted by atomic mass is 10.2. The van der Waals surface area contributed by atoms with E-state index in [2.05, 4.69) is 15.9 Å². The van der Waals surface area contributed by atoms with E-state index in [9.17, 15) is 13.2 Å². The number of sulfone groups is 1. The number of hydrogen-bond donors (Lipinski definition) is 0. The summed E-state index contributed by atoms with van der Waals surface area (Å²) in [7, 11) is -3.43. The molecule has 0 N–H and O–H groups in total. The van der Waals surface area contributed by atoms with E-state index in [0.717, 1.165) is 0 Å². The normalized spacial score (nSPS) is 13.4. The van der Waals surface area contributed by atoms with E-state index in [1.165, 1.54) is 13.0 Å². The molecule has 0 fully saturated rings.